The second-order valence-corrected chi connectivity index (χ2v) is 2.85. The van der Waals surface area contributed by atoms with Crippen LogP contribution in [0.5, 0.6) is 0 Å². The maximum Gasteiger partial charge on any atom is -0.0181 e. The maximum atomic E-state index is 2.20. The fourth-order valence-electron chi connectivity index (χ4n) is 1.31. The summed E-state index contributed by atoms with van der Waals surface area (Å²) in [5, 5.41) is 2.64. The van der Waals surface area contributed by atoms with Crippen LogP contribution in [0.3, 0.4) is 0 Å². The van der Waals surface area contributed by atoms with Crippen LogP contribution in [0.25, 0.3) is 10.8 Å². The van der Waals surface area contributed by atoms with Crippen molar-refractivity contribution in [1.29, 1.82) is 0 Å². The van der Waals surface area contributed by atoms with E-state index < -0.39 is 0 Å². The summed E-state index contributed by atoms with van der Waals surface area (Å²) in [6.45, 7) is 6.12. The van der Waals surface area contributed by atoms with E-state index >= 15 is 0 Å². The number of aryl methyl sites for hydroxylation is 1. The van der Waals surface area contributed by atoms with Crippen molar-refractivity contribution >= 4 is 10.8 Å². The molecule has 2 aromatic rings. The molecule has 0 aromatic heterocycles. The minimum absolute atomic E-state index is 0. The van der Waals surface area contributed by atoms with Gasteiger partial charge in [0.05, 0.1) is 0 Å². The zero-order chi connectivity index (χ0) is 9.68. The molecular weight excluding hydrogens is 168 g/mol. The van der Waals surface area contributed by atoms with E-state index in [2.05, 4.69) is 49.4 Å². The van der Waals surface area contributed by atoms with Gasteiger partial charge in [0.25, 0.3) is 0 Å². The molecule has 14 heavy (non-hydrogen) atoms. The van der Waals surface area contributed by atoms with Gasteiger partial charge in [-0.1, -0.05) is 69.3 Å². The Morgan fingerprint density at radius 3 is 2.00 bits per heavy atom. The third-order valence-corrected chi connectivity index (χ3v) is 1.90. The summed E-state index contributed by atoms with van der Waals surface area (Å²) in [5.41, 5.74) is 1.32. The molecule has 0 unspecified atom stereocenters. The highest BCUT2D eigenvalue weighted by Crippen LogP contribution is 2.14. The lowest BCUT2D eigenvalue weighted by atomic mass is 10.1. The van der Waals surface area contributed by atoms with Gasteiger partial charge in [-0.2, -0.15) is 0 Å². The fraction of sp³-hybridized carbons (Fsp3) is 0.286. The van der Waals surface area contributed by atoms with Crippen LogP contribution in [0.2, 0.25) is 0 Å². The van der Waals surface area contributed by atoms with Crippen molar-refractivity contribution in [3.05, 3.63) is 48.0 Å². The maximum absolute atomic E-state index is 2.20. The zero-order valence-corrected chi connectivity index (χ0v) is 8.54. The Morgan fingerprint density at radius 2 is 1.36 bits per heavy atom. The molecule has 2 rings (SSSR count). The van der Waals surface area contributed by atoms with E-state index in [0.717, 1.165) is 0 Å². The largest absolute Gasteiger partial charge is 0.0776 e. The van der Waals surface area contributed by atoms with Gasteiger partial charge < -0.3 is 0 Å². The highest BCUT2D eigenvalue weighted by molar-refractivity contribution is 5.82. The molecule has 0 N–H and O–H groups in total. The van der Waals surface area contributed by atoms with Gasteiger partial charge in [0.15, 0.2) is 0 Å². The highest BCUT2D eigenvalue weighted by Gasteiger charge is 1.89. The Kier molecular flexibility index (Phi) is 5.62. The lowest BCUT2D eigenvalue weighted by molar-refractivity contribution is 1.50. The van der Waals surface area contributed by atoms with Gasteiger partial charge >= 0.3 is 0 Å². The average molecular weight is 188 g/mol. The van der Waals surface area contributed by atoms with Gasteiger partial charge in [0.2, 0.25) is 0 Å². The van der Waals surface area contributed by atoms with Crippen LogP contribution < -0.4 is 0 Å². The summed E-state index contributed by atoms with van der Waals surface area (Å²) in [4.78, 5) is 0. The molecule has 0 saturated carbocycles. The molecule has 0 fully saturated rings. The second-order valence-electron chi connectivity index (χ2n) is 2.85. The average Bonchev–Trinajstić information content (AvgIpc) is 2.21. The van der Waals surface area contributed by atoms with Crippen molar-refractivity contribution in [3.8, 4) is 0 Å². The van der Waals surface area contributed by atoms with Crippen LogP contribution in [0, 0.1) is 6.92 Å². The summed E-state index contributed by atoms with van der Waals surface area (Å²) >= 11 is 0. The number of fused-ring (bicyclic) bond motifs is 1. The molecular formula is C14H20. The molecule has 0 radical (unpaired) electrons. The van der Waals surface area contributed by atoms with Crippen molar-refractivity contribution in [3.63, 3.8) is 0 Å². The third-order valence-electron chi connectivity index (χ3n) is 1.90. The summed E-state index contributed by atoms with van der Waals surface area (Å²) in [7, 11) is 0. The fourth-order valence-corrected chi connectivity index (χ4v) is 1.31. The molecule has 0 aliphatic rings. The molecule has 0 aliphatic carbocycles. The highest BCUT2D eigenvalue weighted by atomic mass is 13.9. The quantitative estimate of drug-likeness (QED) is 0.556. The predicted octanol–water partition coefficient (Wildman–Crippen LogP) is 4.81. The van der Waals surface area contributed by atoms with Crippen LogP contribution in [-0.2, 0) is 0 Å². The number of hydrogen-bond donors (Lipinski definition) is 0. The summed E-state index contributed by atoms with van der Waals surface area (Å²) in [6, 6.07) is 14.9. The van der Waals surface area contributed by atoms with Crippen LogP contribution >= 0.6 is 0 Å². The van der Waals surface area contributed by atoms with Gasteiger partial charge in [-0.3, -0.25) is 0 Å². The molecule has 0 amide bonds. The molecule has 76 valence electrons. The summed E-state index contributed by atoms with van der Waals surface area (Å²) < 4.78 is 0. The lowest BCUT2D eigenvalue weighted by Gasteiger charge is -1.96. The zero-order valence-electron chi connectivity index (χ0n) is 8.54. The molecule has 0 aliphatic heterocycles. The van der Waals surface area contributed by atoms with E-state index in [4.69, 9.17) is 0 Å². The van der Waals surface area contributed by atoms with Gasteiger partial charge in [-0.15, -0.1) is 0 Å². The van der Waals surface area contributed by atoms with E-state index in [1.54, 1.807) is 0 Å². The molecule has 0 heterocycles. The smallest absolute Gasteiger partial charge is 0.0181 e. The van der Waals surface area contributed by atoms with Crippen molar-refractivity contribution in [2.24, 2.45) is 0 Å². The molecule has 0 spiro atoms. The molecule has 0 heteroatoms. The SMILES string of the molecule is C.CC.Cc1ccc2ccccc2c1. The van der Waals surface area contributed by atoms with Crippen molar-refractivity contribution < 1.29 is 0 Å². The Morgan fingerprint density at radius 1 is 0.786 bits per heavy atom. The van der Waals surface area contributed by atoms with Crippen molar-refractivity contribution in [1.82, 2.24) is 0 Å². The van der Waals surface area contributed by atoms with Crippen molar-refractivity contribution in [2.45, 2.75) is 28.2 Å². The van der Waals surface area contributed by atoms with Gasteiger partial charge in [-0.25, -0.2) is 0 Å². The topological polar surface area (TPSA) is 0 Å². The minimum Gasteiger partial charge on any atom is -0.0776 e. The predicted molar refractivity (Wildman–Crippen MR) is 66.8 cm³/mol. The van der Waals surface area contributed by atoms with Crippen LogP contribution in [0.4, 0.5) is 0 Å². The van der Waals surface area contributed by atoms with Crippen LogP contribution in [0.15, 0.2) is 42.5 Å². The Bertz CT molecular complexity index is 374. The minimum atomic E-state index is 0. The number of rotatable bonds is 0. The Hall–Kier alpha value is -1.30. The first-order valence-corrected chi connectivity index (χ1v) is 4.82. The summed E-state index contributed by atoms with van der Waals surface area (Å²) in [6.07, 6.45) is 0. The Balaban J connectivity index is 0.000000531. The van der Waals surface area contributed by atoms with E-state index in [-0.39, 0.29) is 7.43 Å². The standard InChI is InChI=1S/C11H10.C2H6.CH4/c1-9-6-7-10-4-2-3-5-11(10)8-9;1-2;/h2-8H,1H3;1-2H3;1H4. The number of hydrogen-bond acceptors (Lipinski definition) is 0. The third kappa shape index (κ3) is 2.88. The van der Waals surface area contributed by atoms with E-state index in [1.165, 1.54) is 16.3 Å². The molecule has 0 saturated heterocycles. The van der Waals surface area contributed by atoms with Gasteiger partial charge in [0, 0.05) is 0 Å². The van der Waals surface area contributed by atoms with E-state index in [0.29, 0.717) is 0 Å². The first-order chi connectivity index (χ1) is 6.36. The molecule has 0 atom stereocenters. The van der Waals surface area contributed by atoms with Crippen LogP contribution in [0.1, 0.15) is 26.8 Å². The molecule has 2 aromatic carbocycles. The summed E-state index contributed by atoms with van der Waals surface area (Å²) in [5.74, 6) is 0. The van der Waals surface area contributed by atoms with E-state index in [1.807, 2.05) is 13.8 Å². The van der Waals surface area contributed by atoms with Crippen molar-refractivity contribution in [2.75, 3.05) is 0 Å². The van der Waals surface area contributed by atoms with Gasteiger partial charge in [0.1, 0.15) is 0 Å². The second kappa shape index (κ2) is 6.20. The monoisotopic (exact) mass is 188 g/mol. The molecule has 0 nitrogen and oxygen atoms in total. The molecule has 0 bridgehead atoms. The Labute approximate surface area is 87.6 Å². The lowest BCUT2D eigenvalue weighted by Crippen LogP contribution is -1.73. The first-order valence-electron chi connectivity index (χ1n) is 4.82. The first kappa shape index (κ1) is 12.7. The normalized spacial score (nSPS) is 8.50. The van der Waals surface area contributed by atoms with Crippen LogP contribution in [-0.4, -0.2) is 0 Å². The number of benzene rings is 2. The van der Waals surface area contributed by atoms with E-state index in [9.17, 15) is 0 Å². The van der Waals surface area contributed by atoms with Gasteiger partial charge in [-0.05, 0) is 17.7 Å².